The number of aliphatic imine (C=N–C) groups is 1. The Morgan fingerprint density at radius 3 is 2.53 bits per heavy atom. The molecule has 7 heteroatoms. The van der Waals surface area contributed by atoms with E-state index in [-0.39, 0.29) is 24.0 Å². The van der Waals surface area contributed by atoms with Crippen molar-refractivity contribution < 1.29 is 0 Å². The van der Waals surface area contributed by atoms with E-state index < -0.39 is 0 Å². The first-order chi connectivity index (χ1) is 14.1. The van der Waals surface area contributed by atoms with Gasteiger partial charge in [-0.05, 0) is 57.7 Å². The molecule has 0 aliphatic carbocycles. The van der Waals surface area contributed by atoms with Crippen LogP contribution in [-0.2, 0) is 6.54 Å². The van der Waals surface area contributed by atoms with Gasteiger partial charge in [0.1, 0.15) is 5.82 Å². The van der Waals surface area contributed by atoms with Crippen LogP contribution in [0.1, 0.15) is 36.7 Å². The second-order valence-corrected chi connectivity index (χ2v) is 7.80. The number of aryl methyl sites for hydroxylation is 3. The highest BCUT2D eigenvalue weighted by Crippen LogP contribution is 2.23. The molecule has 3 rings (SSSR count). The molecular weight excluding hydrogens is 487 g/mol. The summed E-state index contributed by atoms with van der Waals surface area (Å²) in [5.74, 6) is 2.15. The maximum Gasteiger partial charge on any atom is 0.194 e. The number of imidazole rings is 1. The van der Waals surface area contributed by atoms with Gasteiger partial charge in [0.25, 0.3) is 0 Å². The SMILES string of the molecule is CCNC(=NCCCCn1ccnc1C)N1CCN(c2cccc(C)c2C)CC1.I. The van der Waals surface area contributed by atoms with Crippen LogP contribution in [0.4, 0.5) is 5.69 Å². The Hall–Kier alpha value is -1.77. The van der Waals surface area contributed by atoms with Crippen molar-refractivity contribution in [3.05, 3.63) is 47.5 Å². The zero-order valence-electron chi connectivity index (χ0n) is 18.9. The molecule has 2 aromatic rings. The van der Waals surface area contributed by atoms with Gasteiger partial charge in [0, 0.05) is 63.9 Å². The van der Waals surface area contributed by atoms with Gasteiger partial charge in [-0.2, -0.15) is 0 Å². The molecule has 0 atom stereocenters. The van der Waals surface area contributed by atoms with Crippen LogP contribution < -0.4 is 10.2 Å². The summed E-state index contributed by atoms with van der Waals surface area (Å²) >= 11 is 0. The van der Waals surface area contributed by atoms with Crippen LogP contribution in [0.15, 0.2) is 35.6 Å². The number of benzene rings is 1. The molecule has 1 aromatic carbocycles. The highest BCUT2D eigenvalue weighted by atomic mass is 127. The molecular formula is C23H37IN6. The van der Waals surface area contributed by atoms with Crippen LogP contribution in [-0.4, -0.2) is 59.7 Å². The second-order valence-electron chi connectivity index (χ2n) is 7.80. The van der Waals surface area contributed by atoms with E-state index >= 15 is 0 Å². The van der Waals surface area contributed by atoms with Gasteiger partial charge in [-0.1, -0.05) is 12.1 Å². The number of aromatic nitrogens is 2. The molecule has 0 saturated carbocycles. The Kier molecular flexibility index (Phi) is 9.94. The van der Waals surface area contributed by atoms with Gasteiger partial charge in [0.2, 0.25) is 0 Å². The van der Waals surface area contributed by atoms with Crippen molar-refractivity contribution >= 4 is 35.6 Å². The van der Waals surface area contributed by atoms with Crippen molar-refractivity contribution in [1.29, 1.82) is 0 Å². The quantitative estimate of drug-likeness (QED) is 0.258. The summed E-state index contributed by atoms with van der Waals surface area (Å²) in [5.41, 5.74) is 4.14. The van der Waals surface area contributed by atoms with E-state index in [0.717, 1.165) is 70.4 Å². The number of nitrogens with one attached hydrogen (secondary N) is 1. The third-order valence-electron chi connectivity index (χ3n) is 5.82. The molecule has 6 nitrogen and oxygen atoms in total. The summed E-state index contributed by atoms with van der Waals surface area (Å²) in [4.78, 5) is 14.1. The molecule has 0 amide bonds. The standard InChI is InChI=1S/C23H36N6.HI/c1-5-24-23(26-11-6-7-13-27-14-12-25-21(27)4)29-17-15-28(16-18-29)22-10-8-9-19(2)20(22)3;/h8-10,12,14H,5-7,11,13,15-18H2,1-4H3,(H,24,26);1H. The smallest absolute Gasteiger partial charge is 0.194 e. The van der Waals surface area contributed by atoms with Crippen molar-refractivity contribution in [1.82, 2.24) is 19.8 Å². The highest BCUT2D eigenvalue weighted by molar-refractivity contribution is 14.0. The van der Waals surface area contributed by atoms with Gasteiger partial charge < -0.3 is 19.7 Å². The largest absolute Gasteiger partial charge is 0.368 e. The minimum atomic E-state index is 0. The topological polar surface area (TPSA) is 48.7 Å². The number of guanidine groups is 1. The van der Waals surface area contributed by atoms with Crippen molar-refractivity contribution in [2.24, 2.45) is 4.99 Å². The maximum absolute atomic E-state index is 4.90. The number of unbranched alkanes of at least 4 members (excludes halogenated alkanes) is 1. The molecule has 30 heavy (non-hydrogen) atoms. The van der Waals surface area contributed by atoms with Gasteiger partial charge in [0.15, 0.2) is 5.96 Å². The molecule has 1 fully saturated rings. The first-order valence-corrected chi connectivity index (χ1v) is 10.9. The number of rotatable bonds is 7. The summed E-state index contributed by atoms with van der Waals surface area (Å²) in [6, 6.07) is 6.61. The number of nitrogens with zero attached hydrogens (tertiary/aromatic N) is 5. The molecule has 1 saturated heterocycles. The second kappa shape index (κ2) is 12.2. The van der Waals surface area contributed by atoms with Crippen LogP contribution in [0.25, 0.3) is 0 Å². The maximum atomic E-state index is 4.90. The lowest BCUT2D eigenvalue weighted by atomic mass is 10.1. The van der Waals surface area contributed by atoms with Crippen LogP contribution in [0.3, 0.4) is 0 Å². The zero-order chi connectivity index (χ0) is 20.6. The fourth-order valence-electron chi connectivity index (χ4n) is 3.88. The summed E-state index contributed by atoms with van der Waals surface area (Å²) in [7, 11) is 0. The number of piperazine rings is 1. The molecule has 1 aromatic heterocycles. The van der Waals surface area contributed by atoms with E-state index in [2.05, 4.69) is 76.8 Å². The summed E-state index contributed by atoms with van der Waals surface area (Å²) in [5, 5.41) is 3.48. The van der Waals surface area contributed by atoms with E-state index in [1.807, 2.05) is 6.20 Å². The Labute approximate surface area is 198 Å². The molecule has 1 aliphatic heterocycles. The predicted octanol–water partition coefficient (Wildman–Crippen LogP) is 3.99. The molecule has 0 bridgehead atoms. The molecule has 0 spiro atoms. The highest BCUT2D eigenvalue weighted by Gasteiger charge is 2.20. The van der Waals surface area contributed by atoms with E-state index in [1.54, 1.807) is 0 Å². The lowest BCUT2D eigenvalue weighted by Gasteiger charge is -2.38. The Morgan fingerprint density at radius 2 is 1.87 bits per heavy atom. The lowest BCUT2D eigenvalue weighted by molar-refractivity contribution is 0.372. The number of hydrogen-bond donors (Lipinski definition) is 1. The summed E-state index contributed by atoms with van der Waals surface area (Å²) in [6.45, 7) is 15.5. The minimum Gasteiger partial charge on any atom is -0.368 e. The summed E-state index contributed by atoms with van der Waals surface area (Å²) < 4.78 is 2.21. The van der Waals surface area contributed by atoms with Crippen molar-refractivity contribution in [3.63, 3.8) is 0 Å². The van der Waals surface area contributed by atoms with Crippen LogP contribution in [0, 0.1) is 20.8 Å². The normalized spacial score (nSPS) is 14.6. The number of hydrogen-bond acceptors (Lipinski definition) is 3. The average molecular weight is 524 g/mol. The average Bonchev–Trinajstić information content (AvgIpc) is 3.14. The third-order valence-corrected chi connectivity index (χ3v) is 5.82. The fraction of sp³-hybridized carbons (Fsp3) is 0.565. The van der Waals surface area contributed by atoms with E-state index in [1.165, 1.54) is 16.8 Å². The molecule has 166 valence electrons. The Balaban J connectivity index is 0.00000320. The van der Waals surface area contributed by atoms with Crippen molar-refractivity contribution in [2.75, 3.05) is 44.2 Å². The monoisotopic (exact) mass is 524 g/mol. The number of anilines is 1. The van der Waals surface area contributed by atoms with E-state index in [9.17, 15) is 0 Å². The summed E-state index contributed by atoms with van der Waals surface area (Å²) in [6.07, 6.45) is 6.14. The lowest BCUT2D eigenvalue weighted by Crippen LogP contribution is -2.52. The molecule has 0 radical (unpaired) electrons. The first-order valence-electron chi connectivity index (χ1n) is 10.9. The fourth-order valence-corrected chi connectivity index (χ4v) is 3.88. The minimum absolute atomic E-state index is 0. The van der Waals surface area contributed by atoms with Gasteiger partial charge in [0.05, 0.1) is 0 Å². The Morgan fingerprint density at radius 1 is 1.10 bits per heavy atom. The zero-order valence-corrected chi connectivity index (χ0v) is 21.2. The van der Waals surface area contributed by atoms with Crippen LogP contribution in [0.2, 0.25) is 0 Å². The van der Waals surface area contributed by atoms with Gasteiger partial charge in [-0.15, -0.1) is 24.0 Å². The van der Waals surface area contributed by atoms with Gasteiger partial charge in [-0.25, -0.2) is 4.98 Å². The molecule has 0 unspecified atom stereocenters. The molecule has 2 heterocycles. The van der Waals surface area contributed by atoms with Gasteiger partial charge in [-0.3, -0.25) is 4.99 Å². The van der Waals surface area contributed by atoms with Gasteiger partial charge >= 0.3 is 0 Å². The number of halogens is 1. The third kappa shape index (κ3) is 6.36. The molecule has 1 aliphatic rings. The van der Waals surface area contributed by atoms with E-state index in [0.29, 0.717) is 0 Å². The van der Waals surface area contributed by atoms with Crippen LogP contribution >= 0.6 is 24.0 Å². The van der Waals surface area contributed by atoms with E-state index in [4.69, 9.17) is 4.99 Å². The predicted molar refractivity (Wildman–Crippen MR) is 137 cm³/mol. The van der Waals surface area contributed by atoms with Crippen molar-refractivity contribution in [3.8, 4) is 0 Å². The molecule has 1 N–H and O–H groups in total. The van der Waals surface area contributed by atoms with Crippen molar-refractivity contribution in [2.45, 2.75) is 47.1 Å². The Bertz CT molecular complexity index is 808. The van der Waals surface area contributed by atoms with Crippen LogP contribution in [0.5, 0.6) is 0 Å². The first kappa shape index (κ1) is 24.5.